The van der Waals surface area contributed by atoms with Crippen LogP contribution < -0.4 is 0 Å². The fraction of sp³-hybridized carbons (Fsp3) is 0.333. The van der Waals surface area contributed by atoms with Gasteiger partial charge in [-0.3, -0.25) is 0 Å². The van der Waals surface area contributed by atoms with Gasteiger partial charge in [0.05, 0.1) is 0 Å². The van der Waals surface area contributed by atoms with Crippen LogP contribution in [0.4, 0.5) is 0 Å². The summed E-state index contributed by atoms with van der Waals surface area (Å²) in [6, 6.07) is 0. The van der Waals surface area contributed by atoms with Gasteiger partial charge in [0.2, 0.25) is 0 Å². The number of aliphatic hydroxyl groups is 1. The van der Waals surface area contributed by atoms with Crippen LogP contribution in [0.2, 0.25) is 0 Å². The fourth-order valence-electron chi connectivity index (χ4n) is 0.597. The molecule has 1 rings (SSSR count). The highest BCUT2D eigenvalue weighted by atomic mass is 79.9. The Morgan fingerprint density at radius 2 is 2.00 bits per heavy atom. The van der Waals surface area contributed by atoms with Crippen molar-refractivity contribution in [1.29, 1.82) is 0 Å². The predicted molar refractivity (Wildman–Crippen MR) is 40.5 cm³/mol. The van der Waals surface area contributed by atoms with E-state index in [0.717, 1.165) is 5.56 Å². The SMILES string of the molecule is OCCc1cnc(Br)nc1. The minimum Gasteiger partial charge on any atom is -0.396 e. The standard InChI is InChI=1S/C6H7BrN2O/c7-6-8-3-5(1-2-10)4-9-6/h3-4,10H,1-2H2. The molecule has 0 aliphatic rings. The highest BCUT2D eigenvalue weighted by Gasteiger charge is 1.92. The van der Waals surface area contributed by atoms with Gasteiger partial charge >= 0.3 is 0 Å². The Morgan fingerprint density at radius 3 is 2.50 bits per heavy atom. The molecule has 10 heavy (non-hydrogen) atoms. The summed E-state index contributed by atoms with van der Waals surface area (Å²) in [6.07, 6.45) is 3.99. The minimum absolute atomic E-state index is 0.144. The number of hydrogen-bond donors (Lipinski definition) is 1. The highest BCUT2D eigenvalue weighted by molar-refractivity contribution is 9.10. The second kappa shape index (κ2) is 3.63. The maximum absolute atomic E-state index is 8.52. The van der Waals surface area contributed by atoms with E-state index in [1.165, 1.54) is 0 Å². The lowest BCUT2D eigenvalue weighted by atomic mass is 10.3. The van der Waals surface area contributed by atoms with Crippen LogP contribution in [-0.2, 0) is 6.42 Å². The third-order valence-electron chi connectivity index (χ3n) is 1.07. The van der Waals surface area contributed by atoms with E-state index in [2.05, 4.69) is 25.9 Å². The van der Waals surface area contributed by atoms with Crippen LogP contribution >= 0.6 is 15.9 Å². The second-order valence-electron chi connectivity index (χ2n) is 1.83. The normalized spacial score (nSPS) is 9.80. The molecule has 0 aliphatic heterocycles. The van der Waals surface area contributed by atoms with Crippen molar-refractivity contribution in [2.45, 2.75) is 6.42 Å². The molecule has 0 fully saturated rings. The van der Waals surface area contributed by atoms with Gasteiger partial charge in [-0.1, -0.05) is 0 Å². The van der Waals surface area contributed by atoms with Gasteiger partial charge in [0.25, 0.3) is 0 Å². The average Bonchev–Trinajstić information content (AvgIpc) is 1.95. The third-order valence-corrected chi connectivity index (χ3v) is 1.48. The summed E-state index contributed by atoms with van der Waals surface area (Å²) in [4.78, 5) is 7.78. The lowest BCUT2D eigenvalue weighted by molar-refractivity contribution is 0.299. The lowest BCUT2D eigenvalue weighted by Gasteiger charge is -1.94. The van der Waals surface area contributed by atoms with Crippen molar-refractivity contribution in [2.24, 2.45) is 0 Å². The quantitative estimate of drug-likeness (QED) is 0.722. The molecule has 0 unspecified atom stereocenters. The van der Waals surface area contributed by atoms with E-state index in [-0.39, 0.29) is 6.61 Å². The zero-order valence-corrected chi connectivity index (χ0v) is 6.87. The maximum atomic E-state index is 8.52. The molecule has 1 heterocycles. The van der Waals surface area contributed by atoms with E-state index in [1.807, 2.05) is 0 Å². The number of aromatic nitrogens is 2. The molecule has 0 atom stereocenters. The minimum atomic E-state index is 0.144. The van der Waals surface area contributed by atoms with Gasteiger partial charge in [0.1, 0.15) is 0 Å². The first-order valence-corrected chi connectivity index (χ1v) is 3.69. The smallest absolute Gasteiger partial charge is 0.196 e. The molecule has 1 N–H and O–H groups in total. The Labute approximate surface area is 67.3 Å². The molecule has 0 saturated heterocycles. The van der Waals surface area contributed by atoms with E-state index >= 15 is 0 Å². The van der Waals surface area contributed by atoms with Crippen molar-refractivity contribution in [1.82, 2.24) is 9.97 Å². The van der Waals surface area contributed by atoms with Crippen molar-refractivity contribution in [3.05, 3.63) is 22.7 Å². The third kappa shape index (κ3) is 2.04. The Morgan fingerprint density at radius 1 is 1.40 bits per heavy atom. The summed E-state index contributed by atoms with van der Waals surface area (Å²) in [7, 11) is 0. The molecule has 3 nitrogen and oxygen atoms in total. The van der Waals surface area contributed by atoms with Gasteiger partial charge in [-0.15, -0.1) is 0 Å². The predicted octanol–water partition coefficient (Wildman–Crippen LogP) is 0.774. The molecular weight excluding hydrogens is 196 g/mol. The summed E-state index contributed by atoms with van der Waals surface area (Å²) in [5.41, 5.74) is 0.950. The highest BCUT2D eigenvalue weighted by Crippen LogP contribution is 2.01. The first kappa shape index (κ1) is 7.63. The topological polar surface area (TPSA) is 46.0 Å². The van der Waals surface area contributed by atoms with Gasteiger partial charge < -0.3 is 5.11 Å². The number of rotatable bonds is 2. The first-order valence-electron chi connectivity index (χ1n) is 2.90. The molecule has 0 aromatic carbocycles. The zero-order valence-electron chi connectivity index (χ0n) is 5.29. The zero-order chi connectivity index (χ0) is 7.40. The van der Waals surface area contributed by atoms with E-state index in [4.69, 9.17) is 5.11 Å². The molecule has 0 spiro atoms. The van der Waals surface area contributed by atoms with E-state index in [9.17, 15) is 0 Å². The Balaban J connectivity index is 2.69. The summed E-state index contributed by atoms with van der Waals surface area (Å²) in [5.74, 6) is 0. The Hall–Kier alpha value is -0.480. The van der Waals surface area contributed by atoms with Crippen LogP contribution in [-0.4, -0.2) is 21.7 Å². The summed E-state index contributed by atoms with van der Waals surface area (Å²) in [6.45, 7) is 0.144. The van der Waals surface area contributed by atoms with Crippen molar-refractivity contribution in [3.63, 3.8) is 0 Å². The molecule has 0 saturated carbocycles. The monoisotopic (exact) mass is 202 g/mol. The van der Waals surface area contributed by atoms with Crippen LogP contribution in [0, 0.1) is 0 Å². The second-order valence-corrected chi connectivity index (χ2v) is 2.54. The van der Waals surface area contributed by atoms with Crippen LogP contribution in [0.3, 0.4) is 0 Å². The van der Waals surface area contributed by atoms with Gasteiger partial charge in [-0.25, -0.2) is 9.97 Å². The van der Waals surface area contributed by atoms with Gasteiger partial charge in [-0.05, 0) is 27.9 Å². The van der Waals surface area contributed by atoms with Crippen LogP contribution in [0.15, 0.2) is 17.1 Å². The number of aliphatic hydroxyl groups excluding tert-OH is 1. The van der Waals surface area contributed by atoms with Crippen molar-refractivity contribution in [3.8, 4) is 0 Å². The lowest BCUT2D eigenvalue weighted by Crippen LogP contribution is -1.92. The van der Waals surface area contributed by atoms with Gasteiger partial charge in [0, 0.05) is 19.0 Å². The molecule has 0 radical (unpaired) electrons. The average molecular weight is 203 g/mol. The molecule has 54 valence electrons. The molecule has 1 aromatic rings. The molecular formula is C6H7BrN2O. The van der Waals surface area contributed by atoms with Crippen LogP contribution in [0.25, 0.3) is 0 Å². The van der Waals surface area contributed by atoms with Crippen LogP contribution in [0.1, 0.15) is 5.56 Å². The number of halogens is 1. The first-order chi connectivity index (χ1) is 4.83. The van der Waals surface area contributed by atoms with E-state index in [0.29, 0.717) is 11.2 Å². The van der Waals surface area contributed by atoms with Gasteiger partial charge in [0.15, 0.2) is 4.73 Å². The summed E-state index contributed by atoms with van der Waals surface area (Å²) in [5, 5.41) is 8.52. The largest absolute Gasteiger partial charge is 0.396 e. The van der Waals surface area contributed by atoms with Crippen molar-refractivity contribution < 1.29 is 5.11 Å². The van der Waals surface area contributed by atoms with Crippen molar-refractivity contribution >= 4 is 15.9 Å². The fourth-order valence-corrected chi connectivity index (χ4v) is 0.802. The van der Waals surface area contributed by atoms with Crippen LogP contribution in [0.5, 0.6) is 0 Å². The Bertz CT molecular complexity index is 199. The van der Waals surface area contributed by atoms with E-state index < -0.39 is 0 Å². The molecule has 0 bridgehead atoms. The summed E-state index contributed by atoms with van der Waals surface area (Å²) >= 11 is 3.11. The van der Waals surface area contributed by atoms with Crippen molar-refractivity contribution in [2.75, 3.05) is 6.61 Å². The summed E-state index contributed by atoms with van der Waals surface area (Å²) < 4.78 is 0.578. The van der Waals surface area contributed by atoms with Gasteiger partial charge in [-0.2, -0.15) is 0 Å². The number of hydrogen-bond acceptors (Lipinski definition) is 3. The molecule has 0 aliphatic carbocycles. The van der Waals surface area contributed by atoms with E-state index in [1.54, 1.807) is 12.4 Å². The molecule has 0 amide bonds. The molecule has 4 heteroatoms. The Kier molecular flexibility index (Phi) is 2.77. The maximum Gasteiger partial charge on any atom is 0.196 e. The number of nitrogens with zero attached hydrogens (tertiary/aromatic N) is 2. The molecule has 1 aromatic heterocycles.